The number of primary amides is 1. The molecule has 0 aliphatic rings. The van der Waals surface area contributed by atoms with Crippen molar-refractivity contribution in [3.8, 4) is 28.3 Å². The highest BCUT2D eigenvalue weighted by atomic mass is 16.5. The van der Waals surface area contributed by atoms with Crippen LogP contribution in [0.3, 0.4) is 0 Å². The van der Waals surface area contributed by atoms with Crippen LogP contribution in [0.15, 0.2) is 48.7 Å². The van der Waals surface area contributed by atoms with Crippen LogP contribution in [0.1, 0.15) is 17.4 Å². The number of anilines is 1. The van der Waals surface area contributed by atoms with Gasteiger partial charge in [-0.05, 0) is 25.1 Å². The van der Waals surface area contributed by atoms with E-state index < -0.39 is 5.91 Å². The molecule has 1 heterocycles. The molecule has 2 aromatic carbocycles. The number of aromatic nitrogens is 2. The van der Waals surface area contributed by atoms with Crippen LogP contribution in [0.25, 0.3) is 16.8 Å². The lowest BCUT2D eigenvalue weighted by atomic mass is 10.0. The minimum absolute atomic E-state index is 0.162. The summed E-state index contributed by atoms with van der Waals surface area (Å²) in [5.41, 5.74) is 8.22. The molecule has 4 N–H and O–H groups in total. The van der Waals surface area contributed by atoms with Crippen LogP contribution in [-0.2, 0) is 0 Å². The number of ether oxygens (including phenoxy) is 1. The van der Waals surface area contributed by atoms with Gasteiger partial charge in [-0.25, -0.2) is 4.68 Å². The largest absolute Gasteiger partial charge is 0.507 e. The molecule has 0 atom stereocenters. The number of benzene rings is 2. The van der Waals surface area contributed by atoms with Crippen molar-refractivity contribution in [2.75, 3.05) is 19.0 Å². The van der Waals surface area contributed by atoms with Crippen molar-refractivity contribution in [1.29, 1.82) is 0 Å². The molecule has 0 fully saturated rings. The lowest BCUT2D eigenvalue weighted by Crippen LogP contribution is -2.14. The van der Waals surface area contributed by atoms with Crippen LogP contribution in [0.2, 0.25) is 0 Å². The van der Waals surface area contributed by atoms with Gasteiger partial charge in [0.1, 0.15) is 11.5 Å². The van der Waals surface area contributed by atoms with Crippen molar-refractivity contribution < 1.29 is 14.6 Å². The molecule has 0 radical (unpaired) electrons. The third kappa shape index (κ3) is 3.19. The number of nitrogens with zero attached hydrogens (tertiary/aromatic N) is 2. The fourth-order valence-electron chi connectivity index (χ4n) is 2.72. The van der Waals surface area contributed by atoms with Crippen LogP contribution in [0.4, 0.5) is 5.69 Å². The predicted octanol–water partition coefficient (Wildman–Crippen LogP) is 2.78. The summed E-state index contributed by atoms with van der Waals surface area (Å²) in [6.45, 7) is 2.36. The fraction of sp³-hybridized carbons (Fsp3) is 0.158. The summed E-state index contributed by atoms with van der Waals surface area (Å²) in [5, 5.41) is 17.3. The van der Waals surface area contributed by atoms with E-state index in [1.165, 1.54) is 0 Å². The number of carbonyl (C=O) groups excluding carboxylic acids is 1. The van der Waals surface area contributed by atoms with Gasteiger partial charge in [0.05, 0.1) is 24.2 Å². The summed E-state index contributed by atoms with van der Waals surface area (Å²) in [7, 11) is 1.70. The highest BCUT2D eigenvalue weighted by molar-refractivity contribution is 5.96. The standard InChI is InChI=1S/C19H20N4O3/c1-3-26-17-10-12(23-11-15(21-2)18(22-23)19(20)25)8-9-14(17)13-6-4-5-7-16(13)24/h4-11,21,24H,3H2,1-2H3,(H2,20,25). The first-order valence-corrected chi connectivity index (χ1v) is 8.18. The molecule has 0 aliphatic carbocycles. The van der Waals surface area contributed by atoms with E-state index in [2.05, 4.69) is 10.4 Å². The SMILES string of the molecule is CCOc1cc(-n2cc(NC)c(C(N)=O)n2)ccc1-c1ccccc1O. The van der Waals surface area contributed by atoms with Crippen molar-refractivity contribution in [2.24, 2.45) is 5.73 Å². The van der Waals surface area contributed by atoms with Crippen molar-refractivity contribution in [1.82, 2.24) is 9.78 Å². The molecule has 7 nitrogen and oxygen atoms in total. The summed E-state index contributed by atoms with van der Waals surface area (Å²) in [6, 6.07) is 12.6. The van der Waals surface area contributed by atoms with Gasteiger partial charge in [-0.2, -0.15) is 5.10 Å². The number of phenols is 1. The number of hydrogen-bond donors (Lipinski definition) is 3. The first kappa shape index (κ1) is 17.3. The first-order chi connectivity index (χ1) is 12.5. The monoisotopic (exact) mass is 352 g/mol. The quantitative estimate of drug-likeness (QED) is 0.633. The Bertz CT molecular complexity index is 950. The molecule has 26 heavy (non-hydrogen) atoms. The molecule has 0 saturated heterocycles. The summed E-state index contributed by atoms with van der Waals surface area (Å²) < 4.78 is 7.32. The molecule has 3 aromatic rings. The van der Waals surface area contributed by atoms with E-state index in [0.717, 1.165) is 5.56 Å². The lowest BCUT2D eigenvalue weighted by Gasteiger charge is -2.13. The molecule has 0 bridgehead atoms. The van der Waals surface area contributed by atoms with Crippen LogP contribution in [0.5, 0.6) is 11.5 Å². The van der Waals surface area contributed by atoms with Gasteiger partial charge < -0.3 is 20.9 Å². The Morgan fingerprint density at radius 3 is 2.65 bits per heavy atom. The van der Waals surface area contributed by atoms with Crippen LogP contribution >= 0.6 is 0 Å². The maximum atomic E-state index is 11.5. The van der Waals surface area contributed by atoms with E-state index in [-0.39, 0.29) is 11.4 Å². The zero-order valence-electron chi connectivity index (χ0n) is 14.6. The Kier molecular flexibility index (Phi) is 4.79. The Morgan fingerprint density at radius 2 is 2.04 bits per heavy atom. The maximum Gasteiger partial charge on any atom is 0.271 e. The third-order valence-electron chi connectivity index (χ3n) is 3.94. The van der Waals surface area contributed by atoms with Crippen LogP contribution < -0.4 is 15.8 Å². The molecular formula is C19H20N4O3. The molecule has 1 aromatic heterocycles. The van der Waals surface area contributed by atoms with Gasteiger partial charge in [-0.1, -0.05) is 18.2 Å². The Labute approximate surface area is 151 Å². The molecule has 1 amide bonds. The number of nitrogens with two attached hydrogens (primary N) is 1. The number of carbonyl (C=O) groups is 1. The van der Waals surface area contributed by atoms with E-state index in [1.807, 2.05) is 37.3 Å². The summed E-state index contributed by atoms with van der Waals surface area (Å²) in [5.74, 6) is 0.173. The van der Waals surface area contributed by atoms with Gasteiger partial charge >= 0.3 is 0 Å². The van der Waals surface area contributed by atoms with E-state index in [4.69, 9.17) is 10.5 Å². The second-order valence-electron chi connectivity index (χ2n) is 5.58. The van der Waals surface area contributed by atoms with Gasteiger partial charge in [-0.15, -0.1) is 0 Å². The fourth-order valence-corrected chi connectivity index (χ4v) is 2.72. The average Bonchev–Trinajstić information content (AvgIpc) is 3.07. The molecule has 0 spiro atoms. The van der Waals surface area contributed by atoms with Gasteiger partial charge in [0.15, 0.2) is 5.69 Å². The number of nitrogens with one attached hydrogen (secondary N) is 1. The number of para-hydroxylation sites is 1. The topological polar surface area (TPSA) is 102 Å². The van der Waals surface area contributed by atoms with Gasteiger partial charge in [0, 0.05) is 24.2 Å². The highest BCUT2D eigenvalue weighted by Gasteiger charge is 2.16. The van der Waals surface area contributed by atoms with E-state index >= 15 is 0 Å². The summed E-state index contributed by atoms with van der Waals surface area (Å²) in [4.78, 5) is 11.5. The van der Waals surface area contributed by atoms with Gasteiger partial charge in [0.25, 0.3) is 5.91 Å². The van der Waals surface area contributed by atoms with Gasteiger partial charge in [-0.3, -0.25) is 4.79 Å². The maximum absolute atomic E-state index is 11.5. The molecule has 0 saturated carbocycles. The van der Waals surface area contributed by atoms with Crippen molar-refractivity contribution in [3.63, 3.8) is 0 Å². The Morgan fingerprint density at radius 1 is 1.27 bits per heavy atom. The zero-order valence-corrected chi connectivity index (χ0v) is 14.6. The normalized spacial score (nSPS) is 10.5. The second-order valence-corrected chi connectivity index (χ2v) is 5.58. The van der Waals surface area contributed by atoms with Crippen LogP contribution in [0, 0.1) is 0 Å². The smallest absolute Gasteiger partial charge is 0.271 e. The molecule has 0 aliphatic heterocycles. The summed E-state index contributed by atoms with van der Waals surface area (Å²) >= 11 is 0. The minimum Gasteiger partial charge on any atom is -0.507 e. The number of rotatable bonds is 6. The second kappa shape index (κ2) is 7.18. The number of amides is 1. The molecule has 3 rings (SSSR count). The number of phenolic OH excluding ortho intramolecular Hbond substituents is 1. The summed E-state index contributed by atoms with van der Waals surface area (Å²) in [6.07, 6.45) is 1.69. The van der Waals surface area contributed by atoms with E-state index in [9.17, 15) is 9.90 Å². The molecule has 7 heteroatoms. The molecule has 134 valence electrons. The zero-order chi connectivity index (χ0) is 18.7. The molecule has 0 unspecified atom stereocenters. The van der Waals surface area contributed by atoms with E-state index in [0.29, 0.717) is 29.3 Å². The number of aromatic hydroxyl groups is 1. The highest BCUT2D eigenvalue weighted by Crippen LogP contribution is 2.37. The van der Waals surface area contributed by atoms with Crippen molar-refractivity contribution >= 4 is 11.6 Å². The third-order valence-corrected chi connectivity index (χ3v) is 3.94. The Hall–Kier alpha value is -3.48. The van der Waals surface area contributed by atoms with Crippen LogP contribution in [-0.4, -0.2) is 34.4 Å². The average molecular weight is 352 g/mol. The first-order valence-electron chi connectivity index (χ1n) is 8.18. The van der Waals surface area contributed by atoms with E-state index in [1.54, 1.807) is 30.1 Å². The molecular weight excluding hydrogens is 332 g/mol. The Balaban J connectivity index is 2.10. The minimum atomic E-state index is -0.607. The van der Waals surface area contributed by atoms with Gasteiger partial charge in [0.2, 0.25) is 0 Å². The lowest BCUT2D eigenvalue weighted by molar-refractivity contribution is 0.0996. The predicted molar refractivity (Wildman–Crippen MR) is 99.9 cm³/mol. The van der Waals surface area contributed by atoms with Crippen molar-refractivity contribution in [2.45, 2.75) is 6.92 Å². The number of hydrogen-bond acceptors (Lipinski definition) is 5. The van der Waals surface area contributed by atoms with Crippen molar-refractivity contribution in [3.05, 3.63) is 54.4 Å².